The smallest absolute Gasteiger partial charge is 0.253 e. The van der Waals surface area contributed by atoms with Gasteiger partial charge in [0.1, 0.15) is 0 Å². The molecule has 1 atom stereocenters. The summed E-state index contributed by atoms with van der Waals surface area (Å²) in [5.74, 6) is 0.307. The zero-order valence-electron chi connectivity index (χ0n) is 14.0. The highest BCUT2D eigenvalue weighted by Gasteiger charge is 2.26. The van der Waals surface area contributed by atoms with Crippen LogP contribution in [0.15, 0.2) is 12.3 Å². The molecule has 6 nitrogen and oxygen atoms in total. The van der Waals surface area contributed by atoms with Gasteiger partial charge < -0.3 is 11.1 Å². The van der Waals surface area contributed by atoms with Gasteiger partial charge in [0.05, 0.1) is 11.3 Å². The van der Waals surface area contributed by atoms with Crippen molar-refractivity contribution in [2.45, 2.75) is 39.7 Å². The molecule has 3 N–H and O–H groups in total. The Kier molecular flexibility index (Phi) is 4.51. The fourth-order valence-corrected chi connectivity index (χ4v) is 2.86. The van der Waals surface area contributed by atoms with Crippen molar-refractivity contribution in [2.75, 3.05) is 6.54 Å². The van der Waals surface area contributed by atoms with Crippen LogP contribution in [0.5, 0.6) is 0 Å². The molecule has 2 aromatic heterocycles. The van der Waals surface area contributed by atoms with Crippen LogP contribution >= 0.6 is 0 Å². The van der Waals surface area contributed by atoms with E-state index in [1.54, 1.807) is 10.9 Å². The molecule has 0 spiro atoms. The number of pyridine rings is 1. The van der Waals surface area contributed by atoms with Crippen LogP contribution in [-0.4, -0.2) is 32.8 Å². The molecule has 0 aliphatic carbocycles. The third-order valence-electron chi connectivity index (χ3n) is 3.85. The van der Waals surface area contributed by atoms with Gasteiger partial charge in [-0.25, -0.2) is 4.98 Å². The molecule has 6 heteroatoms. The summed E-state index contributed by atoms with van der Waals surface area (Å²) < 4.78 is 1.72. The minimum atomic E-state index is -0.413. The topological polar surface area (TPSA) is 85.8 Å². The lowest BCUT2D eigenvalue weighted by atomic mass is 9.90. The molecule has 0 aliphatic heterocycles. The summed E-state index contributed by atoms with van der Waals surface area (Å²) in [6, 6.07) is 1.84. The van der Waals surface area contributed by atoms with Crippen molar-refractivity contribution in [3.8, 4) is 0 Å². The van der Waals surface area contributed by atoms with Crippen molar-refractivity contribution in [3.05, 3.63) is 23.5 Å². The Hall–Kier alpha value is -1.95. The molecule has 0 bridgehead atoms. The lowest BCUT2D eigenvalue weighted by Crippen LogP contribution is -2.52. The zero-order valence-corrected chi connectivity index (χ0v) is 14.0. The number of amides is 1. The van der Waals surface area contributed by atoms with Crippen LogP contribution in [0.2, 0.25) is 0 Å². The summed E-state index contributed by atoms with van der Waals surface area (Å²) in [6.07, 6.45) is 2.42. The van der Waals surface area contributed by atoms with Gasteiger partial charge in [0.25, 0.3) is 5.91 Å². The number of carbonyl (C=O) groups is 1. The monoisotopic (exact) mass is 303 g/mol. The van der Waals surface area contributed by atoms with Gasteiger partial charge in [0.15, 0.2) is 5.65 Å². The van der Waals surface area contributed by atoms with Gasteiger partial charge in [0.2, 0.25) is 0 Å². The molecule has 0 fully saturated rings. The molecule has 0 saturated carbocycles. The number of nitrogens with zero attached hydrogens (tertiary/aromatic N) is 3. The SMILES string of the molecule is Cc1nn(C)c2ncc(C(=O)NC(C)(CN)CC(C)C)cc12. The van der Waals surface area contributed by atoms with Crippen LogP contribution in [-0.2, 0) is 7.05 Å². The fraction of sp³-hybridized carbons (Fsp3) is 0.562. The summed E-state index contributed by atoms with van der Waals surface area (Å²) in [7, 11) is 1.84. The van der Waals surface area contributed by atoms with Crippen LogP contribution in [0.3, 0.4) is 0 Å². The van der Waals surface area contributed by atoms with E-state index in [4.69, 9.17) is 5.73 Å². The van der Waals surface area contributed by atoms with E-state index in [1.807, 2.05) is 27.0 Å². The standard InChI is InChI=1S/C16H25N5O/c1-10(2)7-16(4,9-17)19-15(22)12-6-13-11(3)20-21(5)14(13)18-8-12/h6,8,10H,7,9,17H2,1-5H3,(H,19,22). The number of fused-ring (bicyclic) bond motifs is 1. The number of aryl methyl sites for hydroxylation is 2. The van der Waals surface area contributed by atoms with Crippen LogP contribution < -0.4 is 11.1 Å². The minimum absolute atomic E-state index is 0.147. The molecule has 22 heavy (non-hydrogen) atoms. The van der Waals surface area contributed by atoms with Crippen molar-refractivity contribution in [1.29, 1.82) is 0 Å². The second-order valence-electron chi connectivity index (χ2n) is 6.62. The first-order chi connectivity index (χ1) is 10.3. The molecular formula is C16H25N5O. The number of nitrogens with two attached hydrogens (primary N) is 1. The molecule has 1 unspecified atom stereocenters. The lowest BCUT2D eigenvalue weighted by molar-refractivity contribution is 0.0898. The highest BCUT2D eigenvalue weighted by molar-refractivity contribution is 5.97. The third-order valence-corrected chi connectivity index (χ3v) is 3.85. The van der Waals surface area contributed by atoms with E-state index in [0.29, 0.717) is 18.0 Å². The first kappa shape index (κ1) is 16.4. The summed E-state index contributed by atoms with van der Waals surface area (Å²) in [4.78, 5) is 16.9. The molecule has 0 saturated heterocycles. The molecule has 0 radical (unpaired) electrons. The van der Waals surface area contributed by atoms with Crippen LogP contribution in [0, 0.1) is 12.8 Å². The van der Waals surface area contributed by atoms with Crippen molar-refractivity contribution < 1.29 is 4.79 Å². The molecule has 2 aromatic rings. The quantitative estimate of drug-likeness (QED) is 0.881. The first-order valence-electron chi connectivity index (χ1n) is 7.57. The van der Waals surface area contributed by atoms with Crippen molar-refractivity contribution >= 4 is 16.9 Å². The van der Waals surface area contributed by atoms with Crippen LogP contribution in [0.4, 0.5) is 0 Å². The molecule has 1 amide bonds. The molecule has 0 aliphatic rings. The van der Waals surface area contributed by atoms with E-state index in [1.165, 1.54) is 0 Å². The van der Waals surface area contributed by atoms with Crippen molar-refractivity contribution in [2.24, 2.45) is 18.7 Å². The normalized spacial score (nSPS) is 14.3. The molecule has 0 aromatic carbocycles. The maximum Gasteiger partial charge on any atom is 0.253 e. The first-order valence-corrected chi connectivity index (χ1v) is 7.57. The second kappa shape index (κ2) is 6.04. The van der Waals surface area contributed by atoms with Crippen LogP contribution in [0.25, 0.3) is 11.0 Å². The Morgan fingerprint density at radius 1 is 1.50 bits per heavy atom. The average molecular weight is 303 g/mol. The van der Waals surface area contributed by atoms with Gasteiger partial charge in [0, 0.05) is 30.7 Å². The van der Waals surface area contributed by atoms with Crippen LogP contribution in [0.1, 0.15) is 43.2 Å². The second-order valence-corrected chi connectivity index (χ2v) is 6.62. The highest BCUT2D eigenvalue weighted by Crippen LogP contribution is 2.19. The number of carbonyl (C=O) groups excluding carboxylic acids is 1. The Balaban J connectivity index is 2.27. The molecule has 2 rings (SSSR count). The van der Waals surface area contributed by atoms with Crippen molar-refractivity contribution in [1.82, 2.24) is 20.1 Å². The summed E-state index contributed by atoms with van der Waals surface area (Å²) in [5, 5.41) is 8.27. The highest BCUT2D eigenvalue weighted by atomic mass is 16.1. The van der Waals surface area contributed by atoms with E-state index in [0.717, 1.165) is 23.1 Å². The van der Waals surface area contributed by atoms with E-state index >= 15 is 0 Å². The Morgan fingerprint density at radius 3 is 2.77 bits per heavy atom. The van der Waals surface area contributed by atoms with Gasteiger partial charge in [-0.2, -0.15) is 5.10 Å². The number of rotatable bonds is 5. The number of hydrogen-bond donors (Lipinski definition) is 2. The number of nitrogens with one attached hydrogen (secondary N) is 1. The predicted octanol–water partition coefficient (Wildman–Crippen LogP) is 1.77. The van der Waals surface area contributed by atoms with E-state index in [9.17, 15) is 4.79 Å². The molecular weight excluding hydrogens is 278 g/mol. The Labute approximate surface area is 131 Å². The van der Waals surface area contributed by atoms with E-state index in [-0.39, 0.29) is 5.91 Å². The number of hydrogen-bond acceptors (Lipinski definition) is 4. The number of aromatic nitrogens is 3. The third kappa shape index (κ3) is 3.27. The molecule has 120 valence electrons. The van der Waals surface area contributed by atoms with Gasteiger partial charge in [-0.1, -0.05) is 13.8 Å². The summed E-state index contributed by atoms with van der Waals surface area (Å²) >= 11 is 0. The van der Waals surface area contributed by atoms with Gasteiger partial charge in [-0.05, 0) is 32.3 Å². The van der Waals surface area contributed by atoms with E-state index in [2.05, 4.69) is 29.2 Å². The van der Waals surface area contributed by atoms with Gasteiger partial charge >= 0.3 is 0 Å². The van der Waals surface area contributed by atoms with Gasteiger partial charge in [-0.15, -0.1) is 0 Å². The van der Waals surface area contributed by atoms with E-state index < -0.39 is 5.54 Å². The van der Waals surface area contributed by atoms with Crippen molar-refractivity contribution in [3.63, 3.8) is 0 Å². The molecule has 2 heterocycles. The summed E-state index contributed by atoms with van der Waals surface area (Å²) in [6.45, 7) is 8.53. The lowest BCUT2D eigenvalue weighted by Gasteiger charge is -2.31. The Morgan fingerprint density at radius 2 is 2.18 bits per heavy atom. The summed E-state index contributed by atoms with van der Waals surface area (Å²) in [5.41, 5.74) is 7.62. The minimum Gasteiger partial charge on any atom is -0.346 e. The largest absolute Gasteiger partial charge is 0.346 e. The average Bonchev–Trinajstić information content (AvgIpc) is 2.72. The zero-order chi connectivity index (χ0) is 16.5. The maximum absolute atomic E-state index is 12.5. The predicted molar refractivity (Wildman–Crippen MR) is 87.6 cm³/mol. The fourth-order valence-electron chi connectivity index (χ4n) is 2.86. The maximum atomic E-state index is 12.5. The van der Waals surface area contributed by atoms with Gasteiger partial charge in [-0.3, -0.25) is 9.48 Å². The Bertz CT molecular complexity index is 691.